The lowest BCUT2D eigenvalue weighted by atomic mass is 10.0. The first-order valence-corrected chi connectivity index (χ1v) is 9.09. The second-order valence-corrected chi connectivity index (χ2v) is 7.40. The maximum Gasteiger partial charge on any atom is 0.228 e. The molecule has 0 spiro atoms. The van der Waals surface area contributed by atoms with Crippen LogP contribution in [0.15, 0.2) is 18.2 Å². The van der Waals surface area contributed by atoms with Gasteiger partial charge in [-0.3, -0.25) is 9.69 Å². The number of nitrogens with zero attached hydrogens (tertiary/aromatic N) is 1. The molecule has 138 valence electrons. The van der Waals surface area contributed by atoms with Crippen molar-refractivity contribution in [3.8, 4) is 0 Å². The fraction of sp³-hybridized carbons (Fsp3) is 0.588. The molecule has 0 saturated carbocycles. The number of nitrogens with one attached hydrogen (secondary N) is 1. The van der Waals surface area contributed by atoms with E-state index in [4.69, 9.17) is 5.73 Å². The smallest absolute Gasteiger partial charge is 0.228 e. The number of carbonyl (C=O) groups excluding carboxylic acids is 1. The van der Waals surface area contributed by atoms with Crippen LogP contribution < -0.4 is 11.1 Å². The molecule has 2 atom stereocenters. The van der Waals surface area contributed by atoms with Crippen LogP contribution in [0.2, 0.25) is 0 Å². The lowest BCUT2D eigenvalue weighted by Gasteiger charge is -2.26. The quantitative estimate of drug-likeness (QED) is 0.805. The Bertz CT molecular complexity index is 523. The Morgan fingerprint density at radius 3 is 2.50 bits per heavy atom. The summed E-state index contributed by atoms with van der Waals surface area (Å²) < 4.78 is 0. The fourth-order valence-corrected chi connectivity index (χ4v) is 3.38. The molecule has 1 aromatic rings. The normalized spacial score (nSPS) is 17.2. The molecule has 1 aliphatic rings. The molecule has 3 N–H and O–H groups in total. The van der Waals surface area contributed by atoms with Gasteiger partial charge in [0.1, 0.15) is 0 Å². The van der Waals surface area contributed by atoms with E-state index in [1.807, 2.05) is 32.5 Å². The molecule has 1 aromatic carbocycles. The number of nitrogens with two attached hydrogens (primary N) is 1. The highest BCUT2D eigenvalue weighted by molar-refractivity contribution is 7.99. The molecule has 1 amide bonds. The number of rotatable bonds is 5. The van der Waals surface area contributed by atoms with Gasteiger partial charge >= 0.3 is 0 Å². The van der Waals surface area contributed by atoms with Gasteiger partial charge in [-0.1, -0.05) is 19.1 Å². The topological polar surface area (TPSA) is 58.4 Å². The third-order valence-corrected chi connectivity index (χ3v) is 5.21. The Balaban J connectivity index is 0.00000264. The van der Waals surface area contributed by atoms with Crippen molar-refractivity contribution in [2.24, 2.45) is 11.7 Å². The number of halogens is 2. The Hall–Kier alpha value is -0.460. The minimum Gasteiger partial charge on any atom is -0.327 e. The predicted molar refractivity (Wildman–Crippen MR) is 110 cm³/mol. The van der Waals surface area contributed by atoms with Gasteiger partial charge in [0.05, 0.1) is 5.92 Å². The molecular weight excluding hydrogens is 365 g/mol. The molecule has 1 saturated heterocycles. The summed E-state index contributed by atoms with van der Waals surface area (Å²) in [6.07, 6.45) is 0. The third-order valence-electron chi connectivity index (χ3n) is 4.27. The number of hydrogen-bond acceptors (Lipinski definition) is 4. The van der Waals surface area contributed by atoms with Gasteiger partial charge in [0.15, 0.2) is 0 Å². The van der Waals surface area contributed by atoms with Crippen LogP contribution in [0.3, 0.4) is 0 Å². The second-order valence-electron chi connectivity index (χ2n) is 6.17. The van der Waals surface area contributed by atoms with Crippen LogP contribution in [0.1, 0.15) is 25.0 Å². The van der Waals surface area contributed by atoms with Crippen molar-refractivity contribution in [2.75, 3.05) is 29.9 Å². The van der Waals surface area contributed by atoms with Crippen LogP contribution in [-0.2, 0) is 11.3 Å². The van der Waals surface area contributed by atoms with Gasteiger partial charge in [0.2, 0.25) is 5.91 Å². The van der Waals surface area contributed by atoms with Gasteiger partial charge in [-0.2, -0.15) is 11.8 Å². The molecular formula is C17H29Cl2N3OS. The third kappa shape index (κ3) is 6.81. The highest BCUT2D eigenvalue weighted by Gasteiger charge is 2.18. The highest BCUT2D eigenvalue weighted by atomic mass is 35.5. The van der Waals surface area contributed by atoms with Crippen LogP contribution in [0.25, 0.3) is 0 Å². The molecule has 0 aliphatic carbocycles. The first kappa shape index (κ1) is 23.5. The average molecular weight is 394 g/mol. The van der Waals surface area contributed by atoms with Crippen molar-refractivity contribution in [1.29, 1.82) is 0 Å². The van der Waals surface area contributed by atoms with E-state index in [1.54, 1.807) is 0 Å². The number of carbonyl (C=O) groups is 1. The van der Waals surface area contributed by atoms with E-state index in [0.29, 0.717) is 0 Å². The average Bonchev–Trinajstić information content (AvgIpc) is 2.50. The number of hydrogen-bond donors (Lipinski definition) is 2. The number of thioether (sulfide) groups is 1. The Kier molecular flexibility index (Phi) is 11.0. The van der Waals surface area contributed by atoms with Gasteiger partial charge in [-0.25, -0.2) is 0 Å². The number of amides is 1. The van der Waals surface area contributed by atoms with Crippen molar-refractivity contribution >= 4 is 48.2 Å². The molecule has 0 aromatic heterocycles. The summed E-state index contributed by atoms with van der Waals surface area (Å²) in [7, 11) is 0. The highest BCUT2D eigenvalue weighted by Crippen LogP contribution is 2.20. The molecule has 0 radical (unpaired) electrons. The van der Waals surface area contributed by atoms with Crippen LogP contribution in [0.5, 0.6) is 0 Å². The molecule has 1 aliphatic heterocycles. The zero-order valence-electron chi connectivity index (χ0n) is 14.6. The Morgan fingerprint density at radius 1 is 1.29 bits per heavy atom. The lowest BCUT2D eigenvalue weighted by Crippen LogP contribution is -2.34. The van der Waals surface area contributed by atoms with E-state index in [9.17, 15) is 4.79 Å². The first-order chi connectivity index (χ1) is 10.5. The van der Waals surface area contributed by atoms with Crippen molar-refractivity contribution < 1.29 is 4.79 Å². The van der Waals surface area contributed by atoms with Crippen molar-refractivity contribution in [2.45, 2.75) is 33.4 Å². The standard InChI is InChI=1S/C17H27N3OS.2ClH/c1-12-4-5-15(11-20-6-8-22-9-7-20)10-16(12)19-17(21)13(2)14(3)18;;/h4-5,10,13-14H,6-9,11,18H2,1-3H3,(H,19,21);2*1H. The van der Waals surface area contributed by atoms with Crippen LogP contribution in [0.4, 0.5) is 5.69 Å². The zero-order chi connectivity index (χ0) is 16.1. The molecule has 7 heteroatoms. The van der Waals surface area contributed by atoms with Crippen molar-refractivity contribution in [1.82, 2.24) is 4.90 Å². The molecule has 1 fully saturated rings. The van der Waals surface area contributed by atoms with E-state index < -0.39 is 0 Å². The van der Waals surface area contributed by atoms with Gasteiger partial charge in [-0.15, -0.1) is 24.8 Å². The van der Waals surface area contributed by atoms with Gasteiger partial charge in [-0.05, 0) is 31.0 Å². The van der Waals surface area contributed by atoms with Crippen molar-refractivity contribution in [3.05, 3.63) is 29.3 Å². The van der Waals surface area contributed by atoms with Crippen LogP contribution in [-0.4, -0.2) is 41.4 Å². The van der Waals surface area contributed by atoms with Gasteiger partial charge < -0.3 is 11.1 Å². The minimum atomic E-state index is -0.192. The summed E-state index contributed by atoms with van der Waals surface area (Å²) in [5.74, 6) is 2.22. The summed E-state index contributed by atoms with van der Waals surface area (Å²) in [4.78, 5) is 14.7. The fourth-order valence-electron chi connectivity index (χ4n) is 2.40. The van der Waals surface area contributed by atoms with Crippen LogP contribution in [0, 0.1) is 12.8 Å². The summed E-state index contributed by atoms with van der Waals surface area (Å²) in [5, 5.41) is 3.03. The second kappa shape index (κ2) is 11.2. The van der Waals surface area contributed by atoms with Gasteiger partial charge in [0.25, 0.3) is 0 Å². The lowest BCUT2D eigenvalue weighted by molar-refractivity contribution is -0.119. The molecule has 24 heavy (non-hydrogen) atoms. The maximum absolute atomic E-state index is 12.2. The summed E-state index contributed by atoms with van der Waals surface area (Å²) >= 11 is 2.02. The van der Waals surface area contributed by atoms with E-state index >= 15 is 0 Å². The summed E-state index contributed by atoms with van der Waals surface area (Å²) in [6.45, 7) is 8.98. The molecule has 1 heterocycles. The van der Waals surface area contributed by atoms with Gasteiger partial charge in [0, 0.05) is 42.9 Å². The predicted octanol–water partition coefficient (Wildman–Crippen LogP) is 3.31. The van der Waals surface area contributed by atoms with E-state index in [-0.39, 0.29) is 42.7 Å². The van der Waals surface area contributed by atoms with E-state index in [0.717, 1.165) is 30.9 Å². The Morgan fingerprint density at radius 2 is 1.92 bits per heavy atom. The SMILES string of the molecule is Cc1ccc(CN2CCSCC2)cc1NC(=O)C(C)C(C)N.Cl.Cl. The summed E-state index contributed by atoms with van der Waals surface area (Å²) in [5.41, 5.74) is 9.05. The molecule has 0 bridgehead atoms. The number of anilines is 1. The monoisotopic (exact) mass is 393 g/mol. The Labute approximate surface area is 162 Å². The van der Waals surface area contributed by atoms with E-state index in [2.05, 4.69) is 28.4 Å². The van der Waals surface area contributed by atoms with Crippen molar-refractivity contribution in [3.63, 3.8) is 0 Å². The van der Waals surface area contributed by atoms with E-state index in [1.165, 1.54) is 17.1 Å². The summed E-state index contributed by atoms with van der Waals surface area (Å²) in [6, 6.07) is 6.19. The largest absolute Gasteiger partial charge is 0.327 e. The first-order valence-electron chi connectivity index (χ1n) is 7.93. The maximum atomic E-state index is 12.2. The molecule has 2 rings (SSSR count). The molecule has 2 unspecified atom stereocenters. The molecule has 4 nitrogen and oxygen atoms in total. The number of benzene rings is 1. The zero-order valence-corrected chi connectivity index (χ0v) is 17.0. The minimum absolute atomic E-state index is 0. The van der Waals surface area contributed by atoms with Crippen LogP contribution >= 0.6 is 36.6 Å². The number of aryl methyl sites for hydroxylation is 1.